The van der Waals surface area contributed by atoms with Crippen molar-refractivity contribution in [2.75, 3.05) is 6.54 Å². The van der Waals surface area contributed by atoms with Gasteiger partial charge in [-0.3, -0.25) is 9.59 Å². The molecule has 17 heavy (non-hydrogen) atoms. The van der Waals surface area contributed by atoms with Crippen molar-refractivity contribution < 1.29 is 14.7 Å². The summed E-state index contributed by atoms with van der Waals surface area (Å²) in [4.78, 5) is 22.3. The normalized spacial score (nSPS) is 13.8. The third-order valence-electron chi connectivity index (χ3n) is 2.30. The summed E-state index contributed by atoms with van der Waals surface area (Å²) in [5, 5.41) is 11.5. The summed E-state index contributed by atoms with van der Waals surface area (Å²) in [5.74, 6) is 0.642. The van der Waals surface area contributed by atoms with Crippen LogP contribution in [0.5, 0.6) is 0 Å². The van der Waals surface area contributed by atoms with Crippen LogP contribution in [-0.2, 0) is 9.59 Å². The zero-order valence-electron chi connectivity index (χ0n) is 10.3. The van der Waals surface area contributed by atoms with E-state index in [4.69, 9.17) is 17.3 Å². The lowest BCUT2D eigenvalue weighted by atomic mass is 9.97. The molecule has 0 radical (unpaired) electrons. The van der Waals surface area contributed by atoms with Crippen molar-refractivity contribution in [3.8, 4) is 12.3 Å². The Balaban J connectivity index is 4.18. The van der Waals surface area contributed by atoms with E-state index in [-0.39, 0.29) is 18.9 Å². The van der Waals surface area contributed by atoms with Crippen LogP contribution in [0.4, 0.5) is 0 Å². The first-order valence-corrected chi connectivity index (χ1v) is 5.58. The first kappa shape index (κ1) is 15.5. The Morgan fingerprint density at radius 1 is 1.47 bits per heavy atom. The molecular formula is C12H20N2O3. The molecule has 0 saturated heterocycles. The summed E-state index contributed by atoms with van der Waals surface area (Å²) in [7, 11) is 0. The van der Waals surface area contributed by atoms with Gasteiger partial charge >= 0.3 is 5.97 Å². The number of terminal acetylenes is 1. The van der Waals surface area contributed by atoms with E-state index in [1.54, 1.807) is 0 Å². The Morgan fingerprint density at radius 3 is 2.47 bits per heavy atom. The molecule has 0 fully saturated rings. The zero-order chi connectivity index (χ0) is 13.4. The van der Waals surface area contributed by atoms with Gasteiger partial charge in [-0.1, -0.05) is 13.8 Å². The van der Waals surface area contributed by atoms with Crippen LogP contribution in [-0.4, -0.2) is 29.6 Å². The van der Waals surface area contributed by atoms with Crippen LogP contribution in [0.3, 0.4) is 0 Å². The molecule has 0 aromatic rings. The van der Waals surface area contributed by atoms with E-state index < -0.39 is 23.8 Å². The van der Waals surface area contributed by atoms with Crippen molar-refractivity contribution in [1.82, 2.24) is 5.32 Å². The van der Waals surface area contributed by atoms with Gasteiger partial charge in [0, 0.05) is 13.0 Å². The molecule has 2 atom stereocenters. The molecule has 0 saturated carbocycles. The zero-order valence-corrected chi connectivity index (χ0v) is 10.3. The van der Waals surface area contributed by atoms with E-state index in [0.29, 0.717) is 6.42 Å². The predicted octanol–water partition coefficient (Wildman–Crippen LogP) is 0.200. The largest absolute Gasteiger partial charge is 0.481 e. The number of carboxylic acid groups (broad SMARTS) is 1. The molecule has 0 aliphatic heterocycles. The fraction of sp³-hybridized carbons (Fsp3) is 0.667. The second-order valence-corrected chi connectivity index (χ2v) is 4.42. The smallest absolute Gasteiger partial charge is 0.308 e. The molecule has 96 valence electrons. The fourth-order valence-corrected chi connectivity index (χ4v) is 1.42. The summed E-state index contributed by atoms with van der Waals surface area (Å²) in [6.45, 7) is 3.95. The fourth-order valence-electron chi connectivity index (χ4n) is 1.42. The van der Waals surface area contributed by atoms with Crippen LogP contribution in [0.25, 0.3) is 0 Å². The molecule has 2 unspecified atom stereocenters. The van der Waals surface area contributed by atoms with Crippen molar-refractivity contribution in [2.45, 2.75) is 32.7 Å². The van der Waals surface area contributed by atoms with Crippen LogP contribution in [0, 0.1) is 24.2 Å². The summed E-state index contributed by atoms with van der Waals surface area (Å²) >= 11 is 0. The maximum atomic E-state index is 11.4. The van der Waals surface area contributed by atoms with Gasteiger partial charge in [-0.2, -0.15) is 0 Å². The van der Waals surface area contributed by atoms with Crippen LogP contribution < -0.4 is 11.1 Å². The number of nitrogens with one attached hydrogen (secondary N) is 1. The summed E-state index contributed by atoms with van der Waals surface area (Å²) in [6, 6.07) is -0.770. The Bertz CT molecular complexity index is 307. The van der Waals surface area contributed by atoms with Gasteiger partial charge in [0.1, 0.15) is 0 Å². The molecule has 0 aliphatic rings. The molecule has 0 aromatic carbocycles. The van der Waals surface area contributed by atoms with Crippen molar-refractivity contribution in [3.63, 3.8) is 0 Å². The SMILES string of the molecule is C#CCC(N)C(=O)NCC(CC(C)C)C(=O)O. The number of carbonyl (C=O) groups is 2. The van der Waals surface area contributed by atoms with E-state index in [9.17, 15) is 9.59 Å². The van der Waals surface area contributed by atoms with Crippen LogP contribution in [0.1, 0.15) is 26.7 Å². The lowest BCUT2D eigenvalue weighted by Crippen LogP contribution is -2.43. The monoisotopic (exact) mass is 240 g/mol. The Hall–Kier alpha value is -1.54. The molecule has 0 aromatic heterocycles. The number of amides is 1. The van der Waals surface area contributed by atoms with E-state index in [2.05, 4.69) is 11.2 Å². The number of carbonyl (C=O) groups excluding carboxylic acids is 1. The van der Waals surface area contributed by atoms with E-state index in [1.807, 2.05) is 13.8 Å². The average molecular weight is 240 g/mol. The molecule has 0 bridgehead atoms. The third kappa shape index (κ3) is 6.59. The van der Waals surface area contributed by atoms with Gasteiger partial charge in [0.15, 0.2) is 0 Å². The lowest BCUT2D eigenvalue weighted by Gasteiger charge is -2.16. The Morgan fingerprint density at radius 2 is 2.06 bits per heavy atom. The number of hydrogen-bond acceptors (Lipinski definition) is 3. The summed E-state index contributed by atoms with van der Waals surface area (Å²) in [6.07, 6.45) is 5.69. The molecular weight excluding hydrogens is 220 g/mol. The number of nitrogens with two attached hydrogens (primary N) is 1. The van der Waals surface area contributed by atoms with Gasteiger partial charge in [0.05, 0.1) is 12.0 Å². The Kier molecular flexibility index (Phi) is 6.99. The van der Waals surface area contributed by atoms with Gasteiger partial charge in [-0.05, 0) is 12.3 Å². The van der Waals surface area contributed by atoms with E-state index in [0.717, 1.165) is 0 Å². The van der Waals surface area contributed by atoms with Gasteiger partial charge in [0.25, 0.3) is 0 Å². The standard InChI is InChI=1S/C12H20N2O3/c1-4-5-10(13)11(15)14-7-9(12(16)17)6-8(2)3/h1,8-10H,5-7,13H2,2-3H3,(H,14,15)(H,16,17). The first-order chi connectivity index (χ1) is 7.88. The van der Waals surface area contributed by atoms with Gasteiger partial charge < -0.3 is 16.2 Å². The second-order valence-electron chi connectivity index (χ2n) is 4.42. The highest BCUT2D eigenvalue weighted by molar-refractivity contribution is 5.82. The third-order valence-corrected chi connectivity index (χ3v) is 2.30. The van der Waals surface area contributed by atoms with Gasteiger partial charge in [0.2, 0.25) is 5.91 Å². The minimum atomic E-state index is -0.912. The summed E-state index contributed by atoms with van der Waals surface area (Å²) < 4.78 is 0. The molecule has 0 rings (SSSR count). The van der Waals surface area contributed by atoms with Crippen LogP contribution in [0.2, 0.25) is 0 Å². The number of hydrogen-bond donors (Lipinski definition) is 3. The van der Waals surface area contributed by atoms with Crippen molar-refractivity contribution in [3.05, 3.63) is 0 Å². The lowest BCUT2D eigenvalue weighted by molar-refractivity contribution is -0.142. The molecule has 5 nitrogen and oxygen atoms in total. The van der Waals surface area contributed by atoms with Crippen molar-refractivity contribution in [1.29, 1.82) is 0 Å². The molecule has 0 heterocycles. The highest BCUT2D eigenvalue weighted by Gasteiger charge is 2.21. The molecule has 4 N–H and O–H groups in total. The Labute approximate surface area is 102 Å². The molecule has 5 heteroatoms. The predicted molar refractivity (Wildman–Crippen MR) is 65.0 cm³/mol. The molecule has 0 aliphatic carbocycles. The summed E-state index contributed by atoms with van der Waals surface area (Å²) in [5.41, 5.74) is 5.49. The minimum Gasteiger partial charge on any atom is -0.481 e. The quantitative estimate of drug-likeness (QED) is 0.554. The number of rotatable bonds is 7. The highest BCUT2D eigenvalue weighted by atomic mass is 16.4. The highest BCUT2D eigenvalue weighted by Crippen LogP contribution is 2.11. The maximum absolute atomic E-state index is 11.4. The topological polar surface area (TPSA) is 92.4 Å². The average Bonchev–Trinajstić information content (AvgIpc) is 2.23. The first-order valence-electron chi connectivity index (χ1n) is 5.58. The maximum Gasteiger partial charge on any atom is 0.308 e. The van der Waals surface area contributed by atoms with E-state index in [1.165, 1.54) is 0 Å². The second kappa shape index (κ2) is 7.69. The van der Waals surface area contributed by atoms with Gasteiger partial charge in [-0.15, -0.1) is 12.3 Å². The number of carboxylic acids is 1. The van der Waals surface area contributed by atoms with Gasteiger partial charge in [-0.25, -0.2) is 0 Å². The minimum absolute atomic E-state index is 0.0879. The van der Waals surface area contributed by atoms with E-state index >= 15 is 0 Å². The molecule has 1 amide bonds. The van der Waals surface area contributed by atoms with Crippen molar-refractivity contribution >= 4 is 11.9 Å². The molecule has 0 spiro atoms. The van der Waals surface area contributed by atoms with Crippen molar-refractivity contribution in [2.24, 2.45) is 17.6 Å². The van der Waals surface area contributed by atoms with Crippen LogP contribution in [0.15, 0.2) is 0 Å². The number of aliphatic carboxylic acids is 1. The van der Waals surface area contributed by atoms with Crippen LogP contribution >= 0.6 is 0 Å².